The highest BCUT2D eigenvalue weighted by Gasteiger charge is 2.30. The predicted octanol–water partition coefficient (Wildman–Crippen LogP) is 3.93. The number of methoxy groups -OCH3 is 1. The number of nitrogens with two attached hydrogens (primary N) is 1. The Morgan fingerprint density at radius 2 is 2.06 bits per heavy atom. The van der Waals surface area contributed by atoms with E-state index in [2.05, 4.69) is 21.1 Å². The number of aromatic nitrogens is 4. The Hall–Kier alpha value is -4.62. The van der Waals surface area contributed by atoms with Gasteiger partial charge in [0.05, 0.1) is 30.0 Å². The molecule has 1 aliphatic rings. The number of ketones is 1. The first-order valence-corrected chi connectivity index (χ1v) is 11.1. The zero-order chi connectivity index (χ0) is 25.4. The molecular formula is C26H21FN6O3. The molecule has 5 rings (SSSR count). The molecule has 180 valence electrons. The van der Waals surface area contributed by atoms with E-state index in [1.807, 2.05) is 0 Å². The topological polar surface area (TPSA) is 129 Å². The summed E-state index contributed by atoms with van der Waals surface area (Å²) in [7, 11) is 1.54. The van der Waals surface area contributed by atoms with Gasteiger partial charge in [0.1, 0.15) is 29.4 Å². The molecule has 4 heterocycles. The van der Waals surface area contributed by atoms with Crippen LogP contribution in [0.5, 0.6) is 5.75 Å². The second-order valence-corrected chi connectivity index (χ2v) is 8.23. The van der Waals surface area contributed by atoms with Crippen LogP contribution in [0, 0.1) is 17.1 Å². The summed E-state index contributed by atoms with van der Waals surface area (Å²) in [5, 5.41) is 14.5. The third-order valence-electron chi connectivity index (χ3n) is 6.01. The molecule has 0 fully saturated rings. The molecule has 0 amide bonds. The monoisotopic (exact) mass is 484 g/mol. The molecule has 2 N–H and O–H groups in total. The van der Waals surface area contributed by atoms with Crippen molar-refractivity contribution in [1.29, 1.82) is 5.26 Å². The van der Waals surface area contributed by atoms with Crippen LogP contribution in [0.25, 0.3) is 22.4 Å². The van der Waals surface area contributed by atoms with Crippen molar-refractivity contribution in [2.24, 2.45) is 0 Å². The summed E-state index contributed by atoms with van der Waals surface area (Å²) in [6, 6.07) is 11.3. The number of nitrogens with zero attached hydrogens (tertiary/aromatic N) is 5. The summed E-state index contributed by atoms with van der Waals surface area (Å²) >= 11 is 0. The van der Waals surface area contributed by atoms with Crippen LogP contribution < -0.4 is 10.5 Å². The van der Waals surface area contributed by atoms with Crippen LogP contribution in [0.4, 0.5) is 10.2 Å². The van der Waals surface area contributed by atoms with E-state index in [4.69, 9.17) is 15.2 Å². The second kappa shape index (κ2) is 9.20. The smallest absolute Gasteiger partial charge is 0.216 e. The van der Waals surface area contributed by atoms with Crippen LogP contribution in [-0.2, 0) is 11.3 Å². The largest absolute Gasteiger partial charge is 0.482 e. The van der Waals surface area contributed by atoms with Crippen LogP contribution in [0.1, 0.15) is 40.3 Å². The minimum Gasteiger partial charge on any atom is -0.482 e. The number of nitrogen functional groups attached to an aromatic ring is 1. The van der Waals surface area contributed by atoms with E-state index in [1.165, 1.54) is 30.1 Å². The molecule has 36 heavy (non-hydrogen) atoms. The SMILES string of the molecule is COCCn1nc2c(c1C#N)-c1cnc(N)c(c1)O[C@H](C)c1cc(F)ccc1-c1ncccc1C2=O. The number of carbonyl (C=O) groups is 1. The Kier molecular flexibility index (Phi) is 5.91. The molecule has 0 spiro atoms. The number of pyridine rings is 2. The van der Waals surface area contributed by atoms with Crippen molar-refractivity contribution in [1.82, 2.24) is 19.7 Å². The van der Waals surface area contributed by atoms with Crippen molar-refractivity contribution in [2.75, 3.05) is 19.5 Å². The van der Waals surface area contributed by atoms with Gasteiger partial charge in [-0.15, -0.1) is 0 Å². The zero-order valence-electron chi connectivity index (χ0n) is 19.5. The molecule has 2 bridgehead atoms. The summed E-state index contributed by atoms with van der Waals surface area (Å²) < 4.78 is 27.1. The highest BCUT2D eigenvalue weighted by Crippen LogP contribution is 2.39. The number of hydrogen-bond acceptors (Lipinski definition) is 8. The van der Waals surface area contributed by atoms with E-state index < -0.39 is 17.7 Å². The van der Waals surface area contributed by atoms with Crippen molar-refractivity contribution in [3.05, 3.63) is 77.1 Å². The van der Waals surface area contributed by atoms with Crippen molar-refractivity contribution in [2.45, 2.75) is 19.6 Å². The molecule has 0 unspecified atom stereocenters. The van der Waals surface area contributed by atoms with Crippen molar-refractivity contribution in [3.8, 4) is 34.2 Å². The maximum Gasteiger partial charge on any atom is 0.216 e. The van der Waals surface area contributed by atoms with Gasteiger partial charge in [0, 0.05) is 36.2 Å². The Bertz CT molecular complexity index is 1540. The van der Waals surface area contributed by atoms with E-state index in [0.717, 1.165) is 0 Å². The zero-order valence-corrected chi connectivity index (χ0v) is 19.5. The van der Waals surface area contributed by atoms with Crippen LogP contribution in [0.3, 0.4) is 0 Å². The number of nitriles is 1. The van der Waals surface area contributed by atoms with Gasteiger partial charge in [0.25, 0.3) is 0 Å². The van der Waals surface area contributed by atoms with E-state index in [1.54, 1.807) is 37.4 Å². The number of ether oxygens (including phenoxy) is 2. The van der Waals surface area contributed by atoms with Crippen LogP contribution >= 0.6 is 0 Å². The van der Waals surface area contributed by atoms with Crippen molar-refractivity contribution >= 4 is 11.6 Å². The van der Waals surface area contributed by atoms with Crippen molar-refractivity contribution in [3.63, 3.8) is 0 Å². The van der Waals surface area contributed by atoms with E-state index in [0.29, 0.717) is 27.9 Å². The molecule has 1 aromatic carbocycles. The highest BCUT2D eigenvalue weighted by molar-refractivity contribution is 6.15. The number of fused-ring (bicyclic) bond motifs is 7. The molecular weight excluding hydrogens is 463 g/mol. The van der Waals surface area contributed by atoms with Crippen LogP contribution in [0.15, 0.2) is 48.8 Å². The number of hydrogen-bond donors (Lipinski definition) is 1. The Morgan fingerprint density at radius 1 is 1.22 bits per heavy atom. The van der Waals surface area contributed by atoms with Gasteiger partial charge in [-0.05, 0) is 43.3 Å². The van der Waals surface area contributed by atoms with Gasteiger partial charge >= 0.3 is 0 Å². The van der Waals surface area contributed by atoms with Gasteiger partial charge in [0.15, 0.2) is 11.6 Å². The molecule has 1 atom stereocenters. The lowest BCUT2D eigenvalue weighted by atomic mass is 9.92. The minimum atomic E-state index is -0.668. The molecule has 4 aromatic rings. The summed E-state index contributed by atoms with van der Waals surface area (Å²) in [6.07, 6.45) is 2.35. The summed E-state index contributed by atoms with van der Waals surface area (Å²) in [5.41, 5.74) is 8.66. The third kappa shape index (κ3) is 3.85. The average molecular weight is 484 g/mol. The third-order valence-corrected chi connectivity index (χ3v) is 6.01. The fourth-order valence-electron chi connectivity index (χ4n) is 4.30. The molecule has 9 nitrogen and oxygen atoms in total. The van der Waals surface area contributed by atoms with E-state index in [-0.39, 0.29) is 41.7 Å². The Labute approximate surface area is 205 Å². The molecule has 3 aromatic heterocycles. The Balaban J connectivity index is 1.86. The van der Waals surface area contributed by atoms with E-state index in [9.17, 15) is 14.4 Å². The number of benzene rings is 1. The molecule has 1 aliphatic heterocycles. The summed E-state index contributed by atoms with van der Waals surface area (Å²) in [4.78, 5) is 22.7. The molecule has 10 heteroatoms. The first-order chi connectivity index (χ1) is 17.4. The number of rotatable bonds is 3. The van der Waals surface area contributed by atoms with Gasteiger partial charge in [-0.25, -0.2) is 9.37 Å². The molecule has 0 aliphatic carbocycles. The number of anilines is 1. The van der Waals surface area contributed by atoms with Gasteiger partial charge in [-0.3, -0.25) is 14.5 Å². The minimum absolute atomic E-state index is 0.0479. The fourth-order valence-corrected chi connectivity index (χ4v) is 4.30. The molecule has 0 saturated heterocycles. The molecule has 0 saturated carbocycles. The lowest BCUT2D eigenvalue weighted by molar-refractivity contribution is 0.103. The Morgan fingerprint density at radius 3 is 2.83 bits per heavy atom. The summed E-state index contributed by atoms with van der Waals surface area (Å²) in [6.45, 7) is 2.28. The molecule has 0 radical (unpaired) electrons. The second-order valence-electron chi connectivity index (χ2n) is 8.23. The van der Waals surface area contributed by atoms with Crippen molar-refractivity contribution < 1.29 is 18.7 Å². The average Bonchev–Trinajstić information content (AvgIpc) is 3.26. The van der Waals surface area contributed by atoms with Crippen LogP contribution in [0.2, 0.25) is 0 Å². The quantitative estimate of drug-likeness (QED) is 0.463. The maximum atomic E-state index is 14.3. The lowest BCUT2D eigenvalue weighted by Crippen LogP contribution is -2.12. The first-order valence-electron chi connectivity index (χ1n) is 11.1. The normalized spacial score (nSPS) is 14.4. The predicted molar refractivity (Wildman–Crippen MR) is 129 cm³/mol. The lowest BCUT2D eigenvalue weighted by Gasteiger charge is -2.21. The van der Waals surface area contributed by atoms with Gasteiger partial charge in [-0.1, -0.05) is 0 Å². The maximum absolute atomic E-state index is 14.3. The number of halogens is 1. The van der Waals surface area contributed by atoms with Gasteiger partial charge < -0.3 is 15.2 Å². The van der Waals surface area contributed by atoms with Crippen LogP contribution in [-0.4, -0.2) is 39.2 Å². The first kappa shape index (κ1) is 23.1. The number of carbonyl (C=O) groups excluding carboxylic acids is 1. The standard InChI is InChI=1S/C26H21FN6O3/c1-14-19-11-16(27)5-6-17(19)23-18(4-3-7-30-23)25(34)24-22(15-10-21(36-14)26(29)31-13-15)20(12-28)33(32-24)8-9-35-2/h3-7,10-11,13-14H,8-9H2,1-2H3,(H2,29,31)/t14-/m1/s1. The summed E-state index contributed by atoms with van der Waals surface area (Å²) in [5.74, 6) is -0.567. The van der Waals surface area contributed by atoms with Gasteiger partial charge in [0.2, 0.25) is 5.78 Å². The fraction of sp³-hybridized carbons (Fsp3) is 0.192. The van der Waals surface area contributed by atoms with Gasteiger partial charge in [-0.2, -0.15) is 10.4 Å². The highest BCUT2D eigenvalue weighted by atomic mass is 19.1. The van der Waals surface area contributed by atoms with E-state index >= 15 is 0 Å².